The summed E-state index contributed by atoms with van der Waals surface area (Å²) in [6, 6.07) is 1.85. The second kappa shape index (κ2) is 5.17. The van der Waals surface area contributed by atoms with Crippen molar-refractivity contribution in [1.29, 1.82) is 0 Å². The molecule has 19 heavy (non-hydrogen) atoms. The fourth-order valence-electron chi connectivity index (χ4n) is 1.35. The molecule has 0 aliphatic rings. The average molecular weight is 285 g/mol. The Hall–Kier alpha value is -1.01. The number of amides is 1. The van der Waals surface area contributed by atoms with Crippen molar-refractivity contribution in [2.75, 3.05) is 11.6 Å². The van der Waals surface area contributed by atoms with Crippen LogP contribution in [-0.4, -0.2) is 31.2 Å². The van der Waals surface area contributed by atoms with Crippen LogP contribution in [0.25, 0.3) is 0 Å². The molecule has 5 nitrogen and oxygen atoms in total. The summed E-state index contributed by atoms with van der Waals surface area (Å²) in [4.78, 5) is 12.1. The van der Waals surface area contributed by atoms with Crippen LogP contribution in [0.15, 0.2) is 6.07 Å². The Labute approximate surface area is 117 Å². The number of hydrogen-bond acceptors (Lipinski definition) is 3. The van der Waals surface area contributed by atoms with Gasteiger partial charge in [0.25, 0.3) is 5.91 Å². The molecule has 6 heteroatoms. The molecule has 0 aliphatic carbocycles. The third-order valence-electron chi connectivity index (χ3n) is 3.16. The molecule has 0 saturated heterocycles. The van der Waals surface area contributed by atoms with Gasteiger partial charge in [-0.05, 0) is 25.0 Å². The highest BCUT2D eigenvalue weighted by atomic mass is 32.2. The Kier molecular flexibility index (Phi) is 4.37. The lowest BCUT2D eigenvalue weighted by Gasteiger charge is -2.24. The molecule has 1 aromatic heterocycles. The lowest BCUT2D eigenvalue weighted by Crippen LogP contribution is -2.44. The molecule has 0 saturated carbocycles. The van der Waals surface area contributed by atoms with Gasteiger partial charge in [-0.15, -0.1) is 0 Å². The summed E-state index contributed by atoms with van der Waals surface area (Å²) in [5.74, 6) is 0.352. The normalized spacial score (nSPS) is 14.3. The van der Waals surface area contributed by atoms with Crippen LogP contribution < -0.4 is 5.32 Å². The Balaban J connectivity index is 2.96. The zero-order valence-corrected chi connectivity index (χ0v) is 13.5. The van der Waals surface area contributed by atoms with Gasteiger partial charge in [-0.2, -0.15) is 5.10 Å². The zero-order valence-electron chi connectivity index (χ0n) is 12.7. The molecule has 108 valence electrons. The lowest BCUT2D eigenvalue weighted by atomic mass is 9.92. The van der Waals surface area contributed by atoms with Crippen LogP contribution in [0.5, 0.6) is 0 Å². The predicted octanol–water partition coefficient (Wildman–Crippen LogP) is 1.81. The molecular formula is C13H23N3O2S. The van der Waals surface area contributed by atoms with Crippen LogP contribution in [0.2, 0.25) is 0 Å². The molecule has 0 bridgehead atoms. The van der Waals surface area contributed by atoms with Gasteiger partial charge in [-0.1, -0.05) is 20.8 Å². The maximum absolute atomic E-state index is 12.1. The average Bonchev–Trinajstić information content (AvgIpc) is 2.59. The van der Waals surface area contributed by atoms with E-state index in [1.807, 2.05) is 6.07 Å². The van der Waals surface area contributed by atoms with Crippen LogP contribution in [0.4, 0.5) is 5.82 Å². The van der Waals surface area contributed by atoms with Gasteiger partial charge in [0.1, 0.15) is 5.82 Å². The first-order valence-corrected chi connectivity index (χ1v) is 7.71. The van der Waals surface area contributed by atoms with E-state index in [-0.39, 0.29) is 11.3 Å². The molecular weight excluding hydrogens is 262 g/mol. The summed E-state index contributed by atoms with van der Waals surface area (Å²) in [5.41, 5.74) is 0.824. The number of carbonyl (C=O) groups excluding carboxylic acids is 1. The van der Waals surface area contributed by atoms with E-state index in [0.29, 0.717) is 5.82 Å². The van der Waals surface area contributed by atoms with Gasteiger partial charge in [0.05, 0.1) is 11.9 Å². The minimum atomic E-state index is -1.24. The molecule has 1 amide bonds. The highest BCUT2D eigenvalue weighted by Gasteiger charge is 2.38. The Bertz CT molecular complexity index is 473. The lowest BCUT2D eigenvalue weighted by molar-refractivity contribution is -0.117. The number of anilines is 1. The van der Waals surface area contributed by atoms with Gasteiger partial charge in [0, 0.05) is 18.5 Å². The summed E-state index contributed by atoms with van der Waals surface area (Å²) >= 11 is -1.24. The van der Waals surface area contributed by atoms with Crippen LogP contribution in [0.1, 0.15) is 40.3 Å². The number of rotatable bonds is 3. The summed E-state index contributed by atoms with van der Waals surface area (Å²) in [6.45, 7) is 9.52. The molecule has 1 rings (SSSR count). The van der Waals surface area contributed by atoms with Crippen molar-refractivity contribution in [3.8, 4) is 0 Å². The number of hydrogen-bond donors (Lipinski definition) is 1. The predicted molar refractivity (Wildman–Crippen MR) is 78.7 cm³/mol. The third kappa shape index (κ3) is 3.51. The van der Waals surface area contributed by atoms with Crippen molar-refractivity contribution in [3.63, 3.8) is 0 Å². The second-order valence-corrected chi connectivity index (χ2v) is 8.14. The minimum Gasteiger partial charge on any atom is -0.616 e. The first kappa shape index (κ1) is 16.0. The van der Waals surface area contributed by atoms with E-state index in [0.717, 1.165) is 5.69 Å². The largest absolute Gasteiger partial charge is 0.616 e. The number of nitrogens with one attached hydrogen (secondary N) is 1. The number of aryl methyl sites for hydroxylation is 1. The molecule has 1 atom stereocenters. The fourth-order valence-corrected chi connectivity index (χ4v) is 1.66. The maximum atomic E-state index is 12.1. The fraction of sp³-hybridized carbons (Fsp3) is 0.692. The molecule has 1 heterocycles. The van der Waals surface area contributed by atoms with Crippen LogP contribution in [0.3, 0.4) is 0 Å². The monoisotopic (exact) mass is 285 g/mol. The summed E-state index contributed by atoms with van der Waals surface area (Å²) in [6.07, 6.45) is 1.53. The van der Waals surface area contributed by atoms with Gasteiger partial charge in [-0.25, -0.2) is 0 Å². The van der Waals surface area contributed by atoms with Gasteiger partial charge >= 0.3 is 0 Å². The van der Waals surface area contributed by atoms with Crippen molar-refractivity contribution < 1.29 is 9.35 Å². The highest BCUT2D eigenvalue weighted by molar-refractivity contribution is 7.92. The van der Waals surface area contributed by atoms with Gasteiger partial charge in [0.15, 0.2) is 4.75 Å². The molecule has 1 aromatic rings. The quantitative estimate of drug-likeness (QED) is 0.861. The zero-order chi connectivity index (χ0) is 15.0. The van der Waals surface area contributed by atoms with E-state index < -0.39 is 15.9 Å². The van der Waals surface area contributed by atoms with Gasteiger partial charge in [-0.3, -0.25) is 9.48 Å². The highest BCUT2D eigenvalue weighted by Crippen LogP contribution is 2.24. The van der Waals surface area contributed by atoms with E-state index >= 15 is 0 Å². The maximum Gasteiger partial charge on any atom is 0.281 e. The number of nitrogens with zero attached hydrogens (tertiary/aromatic N) is 2. The minimum absolute atomic E-state index is 0.0795. The van der Waals surface area contributed by atoms with Crippen LogP contribution in [0, 0.1) is 0 Å². The van der Waals surface area contributed by atoms with Crippen molar-refractivity contribution in [2.24, 2.45) is 7.05 Å². The Morgan fingerprint density at radius 1 is 1.37 bits per heavy atom. The van der Waals surface area contributed by atoms with E-state index in [1.54, 1.807) is 25.6 Å². The molecule has 0 aliphatic heterocycles. The summed E-state index contributed by atoms with van der Waals surface area (Å²) in [5, 5.41) is 7.18. The van der Waals surface area contributed by atoms with Crippen molar-refractivity contribution in [3.05, 3.63) is 11.8 Å². The summed E-state index contributed by atoms with van der Waals surface area (Å²) in [7, 11) is 1.78. The first-order valence-electron chi connectivity index (χ1n) is 6.15. The van der Waals surface area contributed by atoms with Crippen LogP contribution >= 0.6 is 0 Å². The van der Waals surface area contributed by atoms with Gasteiger partial charge in [0.2, 0.25) is 0 Å². The molecule has 1 unspecified atom stereocenters. The third-order valence-corrected chi connectivity index (χ3v) is 4.78. The molecule has 0 spiro atoms. The Morgan fingerprint density at radius 3 is 2.26 bits per heavy atom. The van der Waals surface area contributed by atoms with E-state index in [4.69, 9.17) is 0 Å². The smallest absolute Gasteiger partial charge is 0.281 e. The number of aromatic nitrogens is 2. The van der Waals surface area contributed by atoms with Crippen molar-refractivity contribution in [2.45, 2.75) is 44.8 Å². The standard InChI is InChI=1S/C13H23N3O2S/c1-12(2,3)9-8-10(16(6)15-9)14-11(17)13(4,5)19(7)18/h8H,1-7H3,(H,14,17). The van der Waals surface area contributed by atoms with Gasteiger partial charge < -0.3 is 9.87 Å². The van der Waals surface area contributed by atoms with Crippen molar-refractivity contribution >= 4 is 22.9 Å². The van der Waals surface area contributed by atoms with E-state index in [1.165, 1.54) is 6.26 Å². The number of carbonyl (C=O) groups is 1. The Morgan fingerprint density at radius 2 is 1.89 bits per heavy atom. The van der Waals surface area contributed by atoms with Crippen molar-refractivity contribution in [1.82, 2.24) is 9.78 Å². The molecule has 0 fully saturated rings. The first-order chi connectivity index (χ1) is 8.46. The molecule has 0 radical (unpaired) electrons. The summed E-state index contributed by atoms with van der Waals surface area (Å²) < 4.78 is 12.3. The SMILES string of the molecule is Cn1nc(C(C)(C)C)cc1NC(=O)C(C)(C)[S+](C)[O-]. The second-order valence-electron chi connectivity index (χ2n) is 6.21. The van der Waals surface area contributed by atoms with E-state index in [2.05, 4.69) is 31.2 Å². The molecule has 0 aromatic carbocycles. The topological polar surface area (TPSA) is 70.0 Å². The van der Waals surface area contributed by atoms with Crippen LogP contribution in [-0.2, 0) is 28.4 Å². The molecule has 1 N–H and O–H groups in total. The van der Waals surface area contributed by atoms with E-state index in [9.17, 15) is 9.35 Å².